The molecule has 0 bridgehead atoms. The largest absolute Gasteiger partial charge is 0.372 e. The Balaban J connectivity index is 2.73. The molecule has 0 heterocycles. The van der Waals surface area contributed by atoms with Crippen LogP contribution in [0.3, 0.4) is 0 Å². The van der Waals surface area contributed by atoms with Crippen molar-refractivity contribution >= 4 is 0 Å². The van der Waals surface area contributed by atoms with Gasteiger partial charge in [-0.15, -0.1) is 0 Å². The molecular weight excluding hydrogens is 186 g/mol. The van der Waals surface area contributed by atoms with Crippen molar-refractivity contribution < 1.29 is 4.74 Å². The van der Waals surface area contributed by atoms with E-state index < -0.39 is 0 Å². The SMILES string of the molecule is CCC[C@@H](N)C(OCC)c1ccccc1. The molecule has 0 aromatic heterocycles. The maximum Gasteiger partial charge on any atom is 0.0975 e. The molecule has 15 heavy (non-hydrogen) atoms. The lowest BCUT2D eigenvalue weighted by Crippen LogP contribution is -2.30. The lowest BCUT2D eigenvalue weighted by Gasteiger charge is -2.23. The lowest BCUT2D eigenvalue weighted by atomic mass is 9.99. The molecule has 2 heteroatoms. The van der Waals surface area contributed by atoms with Crippen molar-refractivity contribution in [2.75, 3.05) is 6.61 Å². The van der Waals surface area contributed by atoms with E-state index in [-0.39, 0.29) is 12.1 Å². The molecule has 0 saturated heterocycles. The van der Waals surface area contributed by atoms with Crippen LogP contribution in [0.15, 0.2) is 30.3 Å². The van der Waals surface area contributed by atoms with Crippen molar-refractivity contribution in [3.05, 3.63) is 35.9 Å². The molecule has 0 aliphatic heterocycles. The zero-order chi connectivity index (χ0) is 11.1. The van der Waals surface area contributed by atoms with Crippen LogP contribution >= 0.6 is 0 Å². The Hall–Kier alpha value is -0.860. The number of benzene rings is 1. The van der Waals surface area contributed by atoms with Gasteiger partial charge in [-0.1, -0.05) is 43.7 Å². The van der Waals surface area contributed by atoms with Crippen LogP contribution < -0.4 is 5.73 Å². The highest BCUT2D eigenvalue weighted by molar-refractivity contribution is 5.19. The zero-order valence-electron chi connectivity index (χ0n) is 9.65. The van der Waals surface area contributed by atoms with E-state index in [2.05, 4.69) is 19.1 Å². The molecule has 0 amide bonds. The third-order valence-electron chi connectivity index (χ3n) is 2.49. The van der Waals surface area contributed by atoms with Crippen LogP contribution in [-0.2, 0) is 4.74 Å². The fourth-order valence-corrected chi connectivity index (χ4v) is 1.77. The van der Waals surface area contributed by atoms with Gasteiger partial charge in [-0.3, -0.25) is 0 Å². The normalized spacial score (nSPS) is 14.9. The molecule has 84 valence electrons. The number of nitrogens with two attached hydrogens (primary N) is 1. The Morgan fingerprint density at radius 1 is 1.20 bits per heavy atom. The third kappa shape index (κ3) is 3.65. The summed E-state index contributed by atoms with van der Waals surface area (Å²) in [6, 6.07) is 10.3. The van der Waals surface area contributed by atoms with Crippen molar-refractivity contribution in [2.24, 2.45) is 5.73 Å². The molecule has 0 saturated carbocycles. The summed E-state index contributed by atoms with van der Waals surface area (Å²) in [6.07, 6.45) is 2.13. The first-order chi connectivity index (χ1) is 7.29. The fourth-order valence-electron chi connectivity index (χ4n) is 1.77. The molecule has 1 aromatic carbocycles. The van der Waals surface area contributed by atoms with E-state index in [1.165, 1.54) is 5.56 Å². The predicted molar refractivity (Wildman–Crippen MR) is 63.7 cm³/mol. The standard InChI is InChI=1S/C13H21NO/c1-3-8-12(14)13(15-4-2)11-9-6-5-7-10-11/h5-7,9-10,12-13H,3-4,8,14H2,1-2H3/t12-,13?/m1/s1. The number of hydrogen-bond acceptors (Lipinski definition) is 2. The number of ether oxygens (including phenoxy) is 1. The molecule has 2 N–H and O–H groups in total. The van der Waals surface area contributed by atoms with Crippen LogP contribution in [0.4, 0.5) is 0 Å². The predicted octanol–water partition coefficient (Wildman–Crippen LogP) is 2.89. The summed E-state index contributed by atoms with van der Waals surface area (Å²) in [5.74, 6) is 0. The molecule has 0 aliphatic carbocycles. The van der Waals surface area contributed by atoms with E-state index in [4.69, 9.17) is 10.5 Å². The smallest absolute Gasteiger partial charge is 0.0975 e. The lowest BCUT2D eigenvalue weighted by molar-refractivity contribution is 0.0410. The zero-order valence-corrected chi connectivity index (χ0v) is 9.65. The van der Waals surface area contributed by atoms with Gasteiger partial charge in [-0.25, -0.2) is 0 Å². The summed E-state index contributed by atoms with van der Waals surface area (Å²) >= 11 is 0. The molecule has 2 nitrogen and oxygen atoms in total. The average Bonchev–Trinajstić information content (AvgIpc) is 2.27. The molecule has 0 radical (unpaired) electrons. The van der Waals surface area contributed by atoms with Crippen LogP contribution in [0.2, 0.25) is 0 Å². The summed E-state index contributed by atoms with van der Waals surface area (Å²) in [5, 5.41) is 0. The topological polar surface area (TPSA) is 35.2 Å². The van der Waals surface area contributed by atoms with Gasteiger partial charge >= 0.3 is 0 Å². The Bertz CT molecular complexity index is 260. The second kappa shape index (κ2) is 6.59. The van der Waals surface area contributed by atoms with Gasteiger partial charge in [0.2, 0.25) is 0 Å². The molecule has 2 atom stereocenters. The fraction of sp³-hybridized carbons (Fsp3) is 0.538. The summed E-state index contributed by atoms with van der Waals surface area (Å²) < 4.78 is 5.72. The Kier molecular flexibility index (Phi) is 5.37. The minimum atomic E-state index is 0.0381. The molecule has 1 rings (SSSR count). The highest BCUT2D eigenvalue weighted by Crippen LogP contribution is 2.22. The van der Waals surface area contributed by atoms with E-state index in [1.807, 2.05) is 25.1 Å². The van der Waals surface area contributed by atoms with Gasteiger partial charge in [0.1, 0.15) is 0 Å². The molecule has 0 spiro atoms. The van der Waals surface area contributed by atoms with Crippen molar-refractivity contribution in [3.8, 4) is 0 Å². The third-order valence-corrected chi connectivity index (χ3v) is 2.49. The summed E-state index contributed by atoms with van der Waals surface area (Å²) in [5.41, 5.74) is 7.30. The quantitative estimate of drug-likeness (QED) is 0.778. The van der Waals surface area contributed by atoms with E-state index in [0.717, 1.165) is 12.8 Å². The second-order valence-electron chi connectivity index (χ2n) is 3.74. The van der Waals surface area contributed by atoms with Gasteiger partial charge in [0.05, 0.1) is 6.10 Å². The van der Waals surface area contributed by atoms with Crippen LogP contribution in [0.5, 0.6) is 0 Å². The Morgan fingerprint density at radius 2 is 1.87 bits per heavy atom. The Morgan fingerprint density at radius 3 is 2.40 bits per heavy atom. The summed E-state index contributed by atoms with van der Waals surface area (Å²) in [6.45, 7) is 4.86. The molecule has 0 fully saturated rings. The molecular formula is C13H21NO. The average molecular weight is 207 g/mol. The van der Waals surface area contributed by atoms with E-state index in [9.17, 15) is 0 Å². The number of hydrogen-bond donors (Lipinski definition) is 1. The van der Waals surface area contributed by atoms with Gasteiger partial charge in [-0.2, -0.15) is 0 Å². The second-order valence-corrected chi connectivity index (χ2v) is 3.74. The van der Waals surface area contributed by atoms with Crippen molar-refractivity contribution in [3.63, 3.8) is 0 Å². The number of rotatable bonds is 6. The van der Waals surface area contributed by atoms with Crippen molar-refractivity contribution in [1.29, 1.82) is 0 Å². The van der Waals surface area contributed by atoms with Crippen LogP contribution in [-0.4, -0.2) is 12.6 Å². The van der Waals surface area contributed by atoms with E-state index in [1.54, 1.807) is 0 Å². The van der Waals surface area contributed by atoms with Gasteiger partial charge in [0, 0.05) is 12.6 Å². The summed E-state index contributed by atoms with van der Waals surface area (Å²) in [4.78, 5) is 0. The monoisotopic (exact) mass is 207 g/mol. The minimum absolute atomic E-state index is 0.0381. The van der Waals surface area contributed by atoms with Crippen molar-refractivity contribution in [1.82, 2.24) is 0 Å². The van der Waals surface area contributed by atoms with Gasteiger partial charge in [0.15, 0.2) is 0 Å². The molecule has 1 aromatic rings. The van der Waals surface area contributed by atoms with Crippen LogP contribution in [0.25, 0.3) is 0 Å². The van der Waals surface area contributed by atoms with Crippen LogP contribution in [0.1, 0.15) is 38.4 Å². The highest BCUT2D eigenvalue weighted by Gasteiger charge is 2.18. The van der Waals surface area contributed by atoms with E-state index in [0.29, 0.717) is 6.61 Å². The molecule has 0 aliphatic rings. The first-order valence-electron chi connectivity index (χ1n) is 5.71. The van der Waals surface area contributed by atoms with E-state index >= 15 is 0 Å². The van der Waals surface area contributed by atoms with Gasteiger partial charge in [0.25, 0.3) is 0 Å². The first-order valence-corrected chi connectivity index (χ1v) is 5.71. The maximum atomic E-state index is 6.12. The van der Waals surface area contributed by atoms with Gasteiger partial charge < -0.3 is 10.5 Å². The Labute approximate surface area is 92.4 Å². The minimum Gasteiger partial charge on any atom is -0.372 e. The van der Waals surface area contributed by atoms with Gasteiger partial charge in [-0.05, 0) is 18.9 Å². The highest BCUT2D eigenvalue weighted by atomic mass is 16.5. The maximum absolute atomic E-state index is 6.12. The van der Waals surface area contributed by atoms with Crippen molar-refractivity contribution in [2.45, 2.75) is 38.8 Å². The summed E-state index contributed by atoms with van der Waals surface area (Å²) in [7, 11) is 0. The first kappa shape index (κ1) is 12.2. The van der Waals surface area contributed by atoms with Crippen LogP contribution in [0, 0.1) is 0 Å². The molecule has 1 unspecified atom stereocenters.